The molecule has 0 aliphatic rings. The Labute approximate surface area is 175 Å². The van der Waals surface area contributed by atoms with Crippen molar-refractivity contribution >= 4 is 39.3 Å². The number of aromatic nitrogens is 1. The predicted octanol–water partition coefficient (Wildman–Crippen LogP) is 2.93. The van der Waals surface area contributed by atoms with Crippen molar-refractivity contribution in [2.45, 2.75) is 20.3 Å². The largest absolute Gasteiger partial charge is 0.493 e. The first-order valence-corrected chi connectivity index (χ1v) is 9.87. The fourth-order valence-corrected chi connectivity index (χ4v) is 3.62. The molecule has 0 fully saturated rings. The van der Waals surface area contributed by atoms with Gasteiger partial charge in [0.05, 0.1) is 32.8 Å². The lowest BCUT2D eigenvalue weighted by Crippen LogP contribution is -2.20. The average molecular weight is 432 g/mol. The van der Waals surface area contributed by atoms with Gasteiger partial charge in [-0.3, -0.25) is 4.79 Å². The van der Waals surface area contributed by atoms with Crippen molar-refractivity contribution in [2.75, 3.05) is 26.1 Å². The third-order valence-corrected chi connectivity index (χ3v) is 5.13. The first-order chi connectivity index (χ1) is 14.4. The summed E-state index contributed by atoms with van der Waals surface area (Å²) in [5.74, 6) is -0.292. The molecule has 0 saturated carbocycles. The van der Waals surface area contributed by atoms with Gasteiger partial charge in [-0.05, 0) is 31.5 Å². The van der Waals surface area contributed by atoms with E-state index in [1.807, 2.05) is 0 Å². The van der Waals surface area contributed by atoms with Crippen LogP contribution < -0.4 is 20.4 Å². The Bertz CT molecular complexity index is 1170. The van der Waals surface area contributed by atoms with Gasteiger partial charge in [0.1, 0.15) is 0 Å². The molecular weight excluding hydrogens is 412 g/mol. The molecule has 10 heteroatoms. The van der Waals surface area contributed by atoms with Crippen molar-refractivity contribution in [3.63, 3.8) is 0 Å². The summed E-state index contributed by atoms with van der Waals surface area (Å²) >= 11 is 1.09. The molecule has 3 rings (SSSR count). The number of carbonyl (C=O) groups is 2. The van der Waals surface area contributed by atoms with E-state index < -0.39 is 17.5 Å². The molecule has 30 heavy (non-hydrogen) atoms. The SMILES string of the molecule is CCOC(=O)c1csc(NC(=O)Cc2c(C)c3ccc(OC)c(OC)c3oc2=O)n1. The van der Waals surface area contributed by atoms with E-state index in [9.17, 15) is 14.4 Å². The molecule has 1 amide bonds. The second-order valence-corrected chi connectivity index (χ2v) is 7.01. The lowest BCUT2D eigenvalue weighted by atomic mass is 10.0. The van der Waals surface area contributed by atoms with Crippen LogP contribution in [0.4, 0.5) is 5.13 Å². The zero-order valence-electron chi connectivity index (χ0n) is 16.9. The topological polar surface area (TPSA) is 117 Å². The summed E-state index contributed by atoms with van der Waals surface area (Å²) in [4.78, 5) is 40.7. The van der Waals surface area contributed by atoms with Crippen LogP contribution in [-0.4, -0.2) is 37.7 Å². The number of thiazole rings is 1. The van der Waals surface area contributed by atoms with E-state index in [0.29, 0.717) is 22.4 Å². The standard InChI is InChI=1S/C20H20N2O7S/c1-5-28-19(25)13-9-30-20(21-13)22-15(23)8-12-10(2)11-6-7-14(26-3)17(27-4)16(11)29-18(12)24/h6-7,9H,5,8H2,1-4H3,(H,21,22,23). The van der Waals surface area contributed by atoms with Crippen molar-refractivity contribution in [2.24, 2.45) is 0 Å². The highest BCUT2D eigenvalue weighted by Crippen LogP contribution is 2.36. The highest BCUT2D eigenvalue weighted by Gasteiger charge is 2.20. The van der Waals surface area contributed by atoms with Crippen LogP contribution in [0.1, 0.15) is 28.5 Å². The molecule has 0 saturated heterocycles. The highest BCUT2D eigenvalue weighted by atomic mass is 32.1. The summed E-state index contributed by atoms with van der Waals surface area (Å²) in [7, 11) is 2.94. The molecule has 0 bridgehead atoms. The summed E-state index contributed by atoms with van der Waals surface area (Å²) in [5, 5.41) is 4.94. The Morgan fingerprint density at radius 3 is 2.67 bits per heavy atom. The van der Waals surface area contributed by atoms with Gasteiger partial charge in [-0.15, -0.1) is 11.3 Å². The summed E-state index contributed by atoms with van der Waals surface area (Å²) in [5.41, 5.74) is 0.535. The maximum absolute atomic E-state index is 12.6. The third kappa shape index (κ3) is 4.13. The normalized spacial score (nSPS) is 10.7. The van der Waals surface area contributed by atoms with Gasteiger partial charge in [-0.2, -0.15) is 0 Å². The molecular formula is C20H20N2O7S. The van der Waals surface area contributed by atoms with Gasteiger partial charge < -0.3 is 23.9 Å². The number of esters is 1. The molecule has 3 aromatic rings. The summed E-state index contributed by atoms with van der Waals surface area (Å²) in [6.07, 6.45) is -0.216. The fraction of sp³-hybridized carbons (Fsp3) is 0.300. The number of nitrogens with one attached hydrogen (secondary N) is 1. The molecule has 0 aliphatic carbocycles. The van der Waals surface area contributed by atoms with Gasteiger partial charge in [0.2, 0.25) is 11.7 Å². The minimum Gasteiger partial charge on any atom is -0.493 e. The molecule has 9 nitrogen and oxygen atoms in total. The Hall–Kier alpha value is -3.40. The summed E-state index contributed by atoms with van der Waals surface area (Å²) in [6.45, 7) is 3.65. The van der Waals surface area contributed by atoms with Crippen LogP contribution in [0.5, 0.6) is 11.5 Å². The van der Waals surface area contributed by atoms with Crippen LogP contribution in [0.25, 0.3) is 11.0 Å². The molecule has 0 atom stereocenters. The smallest absolute Gasteiger partial charge is 0.357 e. The van der Waals surface area contributed by atoms with Crippen LogP contribution in [0.3, 0.4) is 0 Å². The number of hydrogen-bond donors (Lipinski definition) is 1. The molecule has 0 spiro atoms. The van der Waals surface area contributed by atoms with Crippen molar-refractivity contribution in [3.8, 4) is 11.5 Å². The van der Waals surface area contributed by atoms with E-state index in [1.54, 1.807) is 26.0 Å². The monoisotopic (exact) mass is 432 g/mol. The number of amides is 1. The molecule has 158 valence electrons. The molecule has 0 unspecified atom stereocenters. The minimum absolute atomic E-state index is 0.111. The van der Waals surface area contributed by atoms with E-state index in [4.69, 9.17) is 18.6 Å². The minimum atomic E-state index is -0.645. The Morgan fingerprint density at radius 2 is 2.00 bits per heavy atom. The number of anilines is 1. The number of ether oxygens (including phenoxy) is 3. The first-order valence-electron chi connectivity index (χ1n) is 8.99. The fourth-order valence-electron chi connectivity index (χ4n) is 2.92. The van der Waals surface area contributed by atoms with Crippen molar-refractivity contribution in [3.05, 3.63) is 44.8 Å². The van der Waals surface area contributed by atoms with E-state index >= 15 is 0 Å². The number of nitrogens with zero attached hydrogens (tertiary/aromatic N) is 1. The zero-order chi connectivity index (χ0) is 21.8. The second kappa shape index (κ2) is 8.95. The second-order valence-electron chi connectivity index (χ2n) is 6.15. The first kappa shape index (κ1) is 21.3. The van der Waals surface area contributed by atoms with Crippen LogP contribution in [0.15, 0.2) is 26.7 Å². The Balaban J connectivity index is 1.86. The number of methoxy groups -OCH3 is 2. The lowest BCUT2D eigenvalue weighted by molar-refractivity contribution is -0.115. The predicted molar refractivity (Wildman–Crippen MR) is 111 cm³/mol. The van der Waals surface area contributed by atoms with Gasteiger partial charge in [-0.25, -0.2) is 14.6 Å². The number of hydrogen-bond acceptors (Lipinski definition) is 9. The Morgan fingerprint density at radius 1 is 1.23 bits per heavy atom. The number of benzene rings is 1. The van der Waals surface area contributed by atoms with E-state index in [2.05, 4.69) is 10.3 Å². The maximum atomic E-state index is 12.6. The molecule has 1 N–H and O–H groups in total. The van der Waals surface area contributed by atoms with Crippen molar-refractivity contribution in [1.29, 1.82) is 0 Å². The van der Waals surface area contributed by atoms with Gasteiger partial charge >= 0.3 is 11.6 Å². The van der Waals surface area contributed by atoms with E-state index in [0.717, 1.165) is 11.3 Å². The Kier molecular flexibility index (Phi) is 6.36. The number of rotatable bonds is 7. The molecule has 2 heterocycles. The van der Waals surface area contributed by atoms with Crippen LogP contribution >= 0.6 is 11.3 Å². The molecule has 0 radical (unpaired) electrons. The van der Waals surface area contributed by atoms with Crippen LogP contribution in [0.2, 0.25) is 0 Å². The highest BCUT2D eigenvalue weighted by molar-refractivity contribution is 7.14. The van der Waals surface area contributed by atoms with Gasteiger partial charge in [0.25, 0.3) is 0 Å². The van der Waals surface area contributed by atoms with Gasteiger partial charge in [-0.1, -0.05) is 0 Å². The van der Waals surface area contributed by atoms with Gasteiger partial charge in [0, 0.05) is 10.8 Å². The molecule has 1 aromatic carbocycles. The maximum Gasteiger partial charge on any atom is 0.357 e. The van der Waals surface area contributed by atoms with Crippen molar-refractivity contribution < 1.29 is 28.2 Å². The number of aryl methyl sites for hydroxylation is 1. The average Bonchev–Trinajstić information content (AvgIpc) is 3.18. The zero-order valence-corrected chi connectivity index (χ0v) is 17.7. The number of carbonyl (C=O) groups excluding carboxylic acids is 2. The lowest BCUT2D eigenvalue weighted by Gasteiger charge is -2.12. The molecule has 0 aliphatic heterocycles. The van der Waals surface area contributed by atoms with Gasteiger partial charge in [0.15, 0.2) is 22.2 Å². The van der Waals surface area contributed by atoms with Crippen molar-refractivity contribution in [1.82, 2.24) is 4.98 Å². The quantitative estimate of drug-likeness (QED) is 0.447. The van der Waals surface area contributed by atoms with Crippen LogP contribution in [-0.2, 0) is 16.0 Å². The van der Waals surface area contributed by atoms with E-state index in [-0.39, 0.29) is 35.0 Å². The third-order valence-electron chi connectivity index (χ3n) is 4.37. The summed E-state index contributed by atoms with van der Waals surface area (Å²) in [6, 6.07) is 3.44. The summed E-state index contributed by atoms with van der Waals surface area (Å²) < 4.78 is 20.9. The number of fused-ring (bicyclic) bond motifs is 1. The van der Waals surface area contributed by atoms with Crippen LogP contribution in [0, 0.1) is 6.92 Å². The molecule has 2 aromatic heterocycles. The van der Waals surface area contributed by atoms with E-state index in [1.165, 1.54) is 19.6 Å².